The van der Waals surface area contributed by atoms with E-state index in [4.69, 9.17) is 0 Å². The van der Waals surface area contributed by atoms with Crippen LogP contribution in [0.5, 0.6) is 0 Å². The van der Waals surface area contributed by atoms with Gasteiger partial charge in [-0.15, -0.1) is 0 Å². The Bertz CT molecular complexity index is 1030. The molecule has 1 amide bonds. The fourth-order valence-electron chi connectivity index (χ4n) is 2.93. The maximum atomic E-state index is 12.3. The number of nitrogens with zero attached hydrogens (tertiary/aromatic N) is 2. The molecule has 3 aromatic heterocycles. The topological polar surface area (TPSA) is 70.7 Å². The number of fused-ring (bicyclic) bond motifs is 1. The fraction of sp³-hybridized carbons (Fsp3) is 0.0952. The molecule has 5 nitrogen and oxygen atoms in total. The molecule has 128 valence electrons. The van der Waals surface area contributed by atoms with Crippen LogP contribution in [0.1, 0.15) is 11.1 Å². The lowest BCUT2D eigenvalue weighted by Crippen LogP contribution is -2.24. The smallest absolute Gasteiger partial charge is 0.224 e. The lowest BCUT2D eigenvalue weighted by molar-refractivity contribution is -0.120. The Hall–Kier alpha value is -3.47. The highest BCUT2D eigenvalue weighted by Crippen LogP contribution is 2.24. The van der Waals surface area contributed by atoms with Gasteiger partial charge in [0.05, 0.1) is 6.42 Å². The molecule has 4 aromatic rings. The van der Waals surface area contributed by atoms with E-state index in [1.807, 2.05) is 42.7 Å². The summed E-state index contributed by atoms with van der Waals surface area (Å²) in [6.45, 7) is 0.497. The molecule has 2 N–H and O–H groups in total. The highest BCUT2D eigenvalue weighted by Gasteiger charge is 2.11. The average Bonchev–Trinajstić information content (AvgIpc) is 3.10. The quantitative estimate of drug-likeness (QED) is 0.583. The zero-order valence-electron chi connectivity index (χ0n) is 14.1. The minimum atomic E-state index is -0.0205. The van der Waals surface area contributed by atoms with Gasteiger partial charge in [-0.1, -0.05) is 30.3 Å². The minimum Gasteiger partial charge on any atom is -0.352 e. The summed E-state index contributed by atoms with van der Waals surface area (Å²) in [4.78, 5) is 23.9. The Kier molecular flexibility index (Phi) is 4.43. The van der Waals surface area contributed by atoms with Crippen molar-refractivity contribution in [1.29, 1.82) is 0 Å². The second-order valence-electron chi connectivity index (χ2n) is 6.11. The number of pyridine rings is 2. The van der Waals surface area contributed by atoms with E-state index in [1.165, 1.54) is 0 Å². The van der Waals surface area contributed by atoms with Crippen molar-refractivity contribution in [3.63, 3.8) is 0 Å². The third-order valence-corrected chi connectivity index (χ3v) is 4.31. The van der Waals surface area contributed by atoms with Crippen LogP contribution in [0.4, 0.5) is 0 Å². The van der Waals surface area contributed by atoms with Gasteiger partial charge in [0.1, 0.15) is 5.65 Å². The molecule has 4 rings (SSSR count). The van der Waals surface area contributed by atoms with Gasteiger partial charge in [0.15, 0.2) is 0 Å². The highest BCUT2D eigenvalue weighted by molar-refractivity contribution is 5.89. The summed E-state index contributed by atoms with van der Waals surface area (Å²) < 4.78 is 0. The van der Waals surface area contributed by atoms with Crippen LogP contribution in [0.15, 0.2) is 73.3 Å². The van der Waals surface area contributed by atoms with Gasteiger partial charge in [-0.2, -0.15) is 0 Å². The minimum absolute atomic E-state index is 0.0205. The Morgan fingerprint density at radius 2 is 1.85 bits per heavy atom. The summed E-state index contributed by atoms with van der Waals surface area (Å²) in [7, 11) is 0. The Labute approximate surface area is 151 Å². The molecule has 0 spiro atoms. The zero-order valence-corrected chi connectivity index (χ0v) is 14.1. The van der Waals surface area contributed by atoms with Crippen LogP contribution in [0.2, 0.25) is 0 Å². The van der Waals surface area contributed by atoms with Gasteiger partial charge in [0.2, 0.25) is 5.91 Å². The molecule has 5 heteroatoms. The van der Waals surface area contributed by atoms with Crippen LogP contribution >= 0.6 is 0 Å². The largest absolute Gasteiger partial charge is 0.352 e. The molecule has 1 aromatic carbocycles. The second kappa shape index (κ2) is 7.19. The standard InChI is InChI=1S/C21H18N4O/c26-20(23-12-15-6-8-22-9-7-15)11-18-14-25-21-19(18)10-17(13-24-21)16-4-2-1-3-5-16/h1-10,13-14H,11-12H2,(H,23,26)(H,24,25). The Morgan fingerprint density at radius 1 is 1.04 bits per heavy atom. The summed E-state index contributed by atoms with van der Waals surface area (Å²) in [5, 5.41) is 3.92. The van der Waals surface area contributed by atoms with Crippen molar-refractivity contribution in [2.24, 2.45) is 0 Å². The van der Waals surface area contributed by atoms with Crippen LogP contribution in [0.25, 0.3) is 22.2 Å². The van der Waals surface area contributed by atoms with E-state index >= 15 is 0 Å². The third-order valence-electron chi connectivity index (χ3n) is 4.31. The van der Waals surface area contributed by atoms with Gasteiger partial charge in [0, 0.05) is 42.3 Å². The van der Waals surface area contributed by atoms with Crippen molar-refractivity contribution < 1.29 is 4.79 Å². The first-order chi connectivity index (χ1) is 12.8. The summed E-state index contributed by atoms with van der Waals surface area (Å²) in [5.74, 6) is -0.0205. The maximum Gasteiger partial charge on any atom is 0.224 e. The van der Waals surface area contributed by atoms with E-state index in [0.29, 0.717) is 13.0 Å². The maximum absolute atomic E-state index is 12.3. The number of H-pyrrole nitrogens is 1. The third kappa shape index (κ3) is 3.47. The number of aromatic amines is 1. The summed E-state index contributed by atoms with van der Waals surface area (Å²) in [6.07, 6.45) is 7.46. The number of rotatable bonds is 5. The average molecular weight is 342 g/mol. The predicted molar refractivity (Wildman–Crippen MR) is 101 cm³/mol. The van der Waals surface area contributed by atoms with E-state index < -0.39 is 0 Å². The number of benzene rings is 1. The predicted octanol–water partition coefficient (Wildman–Crippen LogP) is 3.48. The fourth-order valence-corrected chi connectivity index (χ4v) is 2.93. The van der Waals surface area contributed by atoms with Gasteiger partial charge in [-0.05, 0) is 34.9 Å². The molecule has 0 saturated carbocycles. The van der Waals surface area contributed by atoms with Crippen LogP contribution in [-0.4, -0.2) is 20.9 Å². The van der Waals surface area contributed by atoms with Crippen molar-refractivity contribution in [2.45, 2.75) is 13.0 Å². The Morgan fingerprint density at radius 3 is 2.65 bits per heavy atom. The van der Waals surface area contributed by atoms with Crippen molar-refractivity contribution in [3.8, 4) is 11.1 Å². The molecule has 0 saturated heterocycles. The highest BCUT2D eigenvalue weighted by atomic mass is 16.1. The molecular weight excluding hydrogens is 324 g/mol. The molecule has 0 unspecified atom stereocenters. The first-order valence-electron chi connectivity index (χ1n) is 8.46. The molecule has 0 radical (unpaired) electrons. The molecule has 0 aliphatic carbocycles. The Balaban J connectivity index is 1.52. The number of aromatic nitrogens is 3. The van der Waals surface area contributed by atoms with Crippen molar-refractivity contribution in [1.82, 2.24) is 20.3 Å². The summed E-state index contributed by atoms with van der Waals surface area (Å²) in [6, 6.07) is 16.0. The van der Waals surface area contributed by atoms with E-state index in [1.54, 1.807) is 12.4 Å². The van der Waals surface area contributed by atoms with E-state index in [9.17, 15) is 4.79 Å². The number of nitrogens with one attached hydrogen (secondary N) is 2. The zero-order chi connectivity index (χ0) is 17.8. The number of hydrogen-bond acceptors (Lipinski definition) is 3. The van der Waals surface area contributed by atoms with E-state index in [0.717, 1.165) is 33.3 Å². The SMILES string of the molecule is O=C(Cc1c[nH]c2ncc(-c3ccccc3)cc12)NCc1ccncc1. The van der Waals surface area contributed by atoms with Gasteiger partial charge >= 0.3 is 0 Å². The van der Waals surface area contributed by atoms with Crippen molar-refractivity contribution in [3.05, 3.63) is 84.4 Å². The molecule has 0 aliphatic rings. The normalized spacial score (nSPS) is 10.8. The van der Waals surface area contributed by atoms with E-state index in [-0.39, 0.29) is 5.91 Å². The van der Waals surface area contributed by atoms with Crippen LogP contribution in [-0.2, 0) is 17.8 Å². The lowest BCUT2D eigenvalue weighted by Gasteiger charge is -2.05. The molecule has 0 fully saturated rings. The number of amides is 1. The number of carbonyl (C=O) groups excluding carboxylic acids is 1. The monoisotopic (exact) mass is 342 g/mol. The van der Waals surface area contributed by atoms with Gasteiger partial charge in [-0.25, -0.2) is 4.98 Å². The number of carbonyl (C=O) groups is 1. The molecule has 3 heterocycles. The van der Waals surface area contributed by atoms with Crippen LogP contribution < -0.4 is 5.32 Å². The van der Waals surface area contributed by atoms with Crippen molar-refractivity contribution in [2.75, 3.05) is 0 Å². The molecular formula is C21H18N4O. The summed E-state index contributed by atoms with van der Waals surface area (Å²) >= 11 is 0. The van der Waals surface area contributed by atoms with Gasteiger partial charge in [-0.3, -0.25) is 9.78 Å². The first-order valence-corrected chi connectivity index (χ1v) is 8.46. The van der Waals surface area contributed by atoms with Crippen LogP contribution in [0, 0.1) is 0 Å². The first kappa shape index (κ1) is 16.0. The summed E-state index contributed by atoms with van der Waals surface area (Å²) in [5.41, 5.74) is 4.91. The molecule has 26 heavy (non-hydrogen) atoms. The van der Waals surface area contributed by atoms with Gasteiger partial charge in [0.25, 0.3) is 0 Å². The molecule has 0 aliphatic heterocycles. The number of hydrogen-bond donors (Lipinski definition) is 2. The van der Waals surface area contributed by atoms with Gasteiger partial charge < -0.3 is 10.3 Å². The lowest BCUT2D eigenvalue weighted by atomic mass is 10.0. The molecule has 0 bridgehead atoms. The molecule has 0 atom stereocenters. The van der Waals surface area contributed by atoms with E-state index in [2.05, 4.69) is 38.5 Å². The van der Waals surface area contributed by atoms with Crippen LogP contribution in [0.3, 0.4) is 0 Å². The second-order valence-corrected chi connectivity index (χ2v) is 6.11. The van der Waals surface area contributed by atoms with Crippen molar-refractivity contribution >= 4 is 16.9 Å².